The number of halogens is 1. The normalized spacial score (nSPS) is 39.4. The molecule has 0 aromatic rings. The second kappa shape index (κ2) is 1.84. The van der Waals surface area contributed by atoms with E-state index in [4.69, 9.17) is 11.6 Å². The maximum Gasteiger partial charge on any atom is 0.105 e. The lowest BCUT2D eigenvalue weighted by molar-refractivity contribution is 0.424. The number of alkyl halides is 1. The van der Waals surface area contributed by atoms with E-state index in [1.807, 2.05) is 14.1 Å². The molecule has 0 aliphatic carbocycles. The summed E-state index contributed by atoms with van der Waals surface area (Å²) in [5.74, 6) is 0. The highest BCUT2D eigenvalue weighted by Gasteiger charge is 2.38. The third-order valence-electron chi connectivity index (χ3n) is 0.926. The maximum atomic E-state index is 5.67. The molecule has 0 aromatic heterocycles. The van der Waals surface area contributed by atoms with Crippen LogP contribution in [0.3, 0.4) is 0 Å². The Morgan fingerprint density at radius 2 is 2.00 bits per heavy atom. The van der Waals surface area contributed by atoms with Gasteiger partial charge in [-0.25, -0.2) is 0 Å². The smallest absolute Gasteiger partial charge is 0.105 e. The zero-order valence-corrected chi connectivity index (χ0v) is 5.96. The third-order valence-corrected chi connectivity index (χ3v) is 2.80. The summed E-state index contributed by atoms with van der Waals surface area (Å²) in [6.45, 7) is 0. The zero-order chi connectivity index (χ0) is 5.44. The molecule has 0 saturated carbocycles. The molecule has 1 aliphatic heterocycles. The number of thioether (sulfide) groups is 1. The van der Waals surface area contributed by atoms with Crippen LogP contribution in [0.2, 0.25) is 0 Å². The van der Waals surface area contributed by atoms with Crippen LogP contribution >= 0.6 is 23.4 Å². The van der Waals surface area contributed by atoms with Crippen molar-refractivity contribution in [2.45, 2.75) is 10.1 Å². The Morgan fingerprint density at radius 1 is 1.57 bits per heavy atom. The Bertz CT molecular complexity index is 76.1. The fraction of sp³-hybridized carbons (Fsp3) is 1.00. The zero-order valence-electron chi connectivity index (χ0n) is 4.39. The Labute approximate surface area is 53.0 Å². The van der Waals surface area contributed by atoms with Crippen LogP contribution in [0.1, 0.15) is 0 Å². The van der Waals surface area contributed by atoms with Gasteiger partial charge in [0.1, 0.15) is 4.71 Å². The minimum Gasteiger partial charge on any atom is -0.296 e. The quantitative estimate of drug-likeness (QED) is 0.395. The van der Waals surface area contributed by atoms with Gasteiger partial charge in [-0.3, -0.25) is 4.90 Å². The highest BCUT2D eigenvalue weighted by Crippen LogP contribution is 2.45. The summed E-state index contributed by atoms with van der Waals surface area (Å²) in [6.07, 6.45) is 0. The molecule has 1 heterocycles. The Kier molecular flexibility index (Phi) is 1.51. The van der Waals surface area contributed by atoms with Gasteiger partial charge < -0.3 is 0 Å². The molecule has 0 aromatic carbocycles. The van der Waals surface area contributed by atoms with E-state index in [-0.39, 0.29) is 0 Å². The van der Waals surface area contributed by atoms with Gasteiger partial charge in [0.2, 0.25) is 0 Å². The minimum atomic E-state index is 0.356. The van der Waals surface area contributed by atoms with Gasteiger partial charge >= 0.3 is 0 Å². The Hall–Kier alpha value is 0.600. The molecule has 1 rings (SSSR count). The molecule has 1 saturated heterocycles. The first-order valence-electron chi connectivity index (χ1n) is 2.18. The van der Waals surface area contributed by atoms with E-state index in [2.05, 4.69) is 4.90 Å². The fourth-order valence-corrected chi connectivity index (χ4v) is 1.65. The number of nitrogens with zero attached hydrogens (tertiary/aromatic N) is 1. The molecule has 0 spiro atoms. The molecule has 0 bridgehead atoms. The molecule has 0 N–H and O–H groups in total. The van der Waals surface area contributed by atoms with Crippen LogP contribution < -0.4 is 0 Å². The lowest BCUT2D eigenvalue weighted by atomic mass is 10.7. The largest absolute Gasteiger partial charge is 0.296 e. The molecule has 3 heteroatoms. The van der Waals surface area contributed by atoms with E-state index >= 15 is 0 Å². The highest BCUT2D eigenvalue weighted by atomic mass is 35.5. The molecule has 42 valence electrons. The third kappa shape index (κ3) is 1.24. The van der Waals surface area contributed by atoms with Crippen LogP contribution in [0.15, 0.2) is 0 Å². The summed E-state index contributed by atoms with van der Waals surface area (Å²) in [4.78, 5) is 2.13. The fourth-order valence-electron chi connectivity index (χ4n) is 0.444. The van der Waals surface area contributed by atoms with Crippen molar-refractivity contribution < 1.29 is 0 Å². The number of hydrogen-bond acceptors (Lipinski definition) is 2. The molecular formula is C4H8ClNS. The van der Waals surface area contributed by atoms with Gasteiger partial charge in [-0.2, -0.15) is 0 Å². The van der Waals surface area contributed by atoms with E-state index in [1.165, 1.54) is 0 Å². The monoisotopic (exact) mass is 137 g/mol. The molecule has 2 unspecified atom stereocenters. The molecule has 1 nitrogen and oxygen atoms in total. The van der Waals surface area contributed by atoms with E-state index in [0.29, 0.717) is 10.1 Å². The molecular weight excluding hydrogens is 130 g/mol. The van der Waals surface area contributed by atoms with Gasteiger partial charge in [0.25, 0.3) is 0 Å². The van der Waals surface area contributed by atoms with Crippen molar-refractivity contribution >= 4 is 23.4 Å². The van der Waals surface area contributed by atoms with Crippen molar-refractivity contribution in [1.29, 1.82) is 0 Å². The van der Waals surface area contributed by atoms with Crippen molar-refractivity contribution in [2.24, 2.45) is 0 Å². The first kappa shape index (κ1) is 5.73. The number of rotatable bonds is 1. The summed E-state index contributed by atoms with van der Waals surface area (Å²) in [6, 6.07) is 0. The van der Waals surface area contributed by atoms with Gasteiger partial charge in [0.05, 0.1) is 5.37 Å². The molecule has 2 atom stereocenters. The lowest BCUT2D eigenvalue weighted by Gasteiger charge is -2.02. The Morgan fingerprint density at radius 3 is 2.00 bits per heavy atom. The van der Waals surface area contributed by atoms with E-state index in [1.54, 1.807) is 11.8 Å². The van der Waals surface area contributed by atoms with E-state index < -0.39 is 0 Å². The van der Waals surface area contributed by atoms with Crippen LogP contribution in [-0.2, 0) is 0 Å². The van der Waals surface area contributed by atoms with Crippen molar-refractivity contribution in [2.75, 3.05) is 14.1 Å². The first-order valence-corrected chi connectivity index (χ1v) is 3.55. The molecule has 1 aliphatic rings. The second-order valence-electron chi connectivity index (χ2n) is 1.84. The predicted molar refractivity (Wildman–Crippen MR) is 34.7 cm³/mol. The summed E-state index contributed by atoms with van der Waals surface area (Å²) in [5.41, 5.74) is 0. The SMILES string of the molecule is CN(C)C1SC1Cl. The van der Waals surface area contributed by atoms with E-state index in [9.17, 15) is 0 Å². The van der Waals surface area contributed by atoms with E-state index in [0.717, 1.165) is 0 Å². The summed E-state index contributed by atoms with van der Waals surface area (Å²) in [5, 5.41) is 0.585. The molecule has 1 fully saturated rings. The maximum absolute atomic E-state index is 5.67. The molecule has 7 heavy (non-hydrogen) atoms. The summed E-state index contributed by atoms with van der Waals surface area (Å²) >= 11 is 7.46. The van der Waals surface area contributed by atoms with Crippen LogP contribution in [0.5, 0.6) is 0 Å². The Balaban J connectivity index is 2.20. The van der Waals surface area contributed by atoms with Gasteiger partial charge in [-0.05, 0) is 14.1 Å². The van der Waals surface area contributed by atoms with Crippen LogP contribution in [0.25, 0.3) is 0 Å². The minimum absolute atomic E-state index is 0.356. The lowest BCUT2D eigenvalue weighted by Crippen LogP contribution is -2.15. The van der Waals surface area contributed by atoms with Crippen molar-refractivity contribution in [3.05, 3.63) is 0 Å². The highest BCUT2D eigenvalue weighted by molar-refractivity contribution is 8.09. The standard InChI is InChI=1S/C4H8ClNS/c1-6(2)4-3(5)7-4/h3-4H,1-2H3. The van der Waals surface area contributed by atoms with Crippen molar-refractivity contribution in [3.8, 4) is 0 Å². The van der Waals surface area contributed by atoms with Gasteiger partial charge in [-0.15, -0.1) is 23.4 Å². The van der Waals surface area contributed by atoms with Gasteiger partial charge in [-0.1, -0.05) is 0 Å². The van der Waals surface area contributed by atoms with Crippen molar-refractivity contribution in [3.63, 3.8) is 0 Å². The van der Waals surface area contributed by atoms with Gasteiger partial charge in [0.15, 0.2) is 0 Å². The molecule has 0 amide bonds. The van der Waals surface area contributed by atoms with Crippen LogP contribution in [-0.4, -0.2) is 29.1 Å². The van der Waals surface area contributed by atoms with Gasteiger partial charge in [0, 0.05) is 0 Å². The van der Waals surface area contributed by atoms with Crippen molar-refractivity contribution in [1.82, 2.24) is 4.90 Å². The average molecular weight is 138 g/mol. The summed E-state index contributed by atoms with van der Waals surface area (Å²) in [7, 11) is 4.08. The predicted octanol–water partition coefficient (Wildman–Crippen LogP) is 1.19. The summed E-state index contributed by atoms with van der Waals surface area (Å²) < 4.78 is 0.356. The molecule has 0 radical (unpaired) electrons. The van der Waals surface area contributed by atoms with Crippen LogP contribution in [0.4, 0.5) is 0 Å². The first-order chi connectivity index (χ1) is 3.22. The average Bonchev–Trinajstić information content (AvgIpc) is 2.17. The number of hydrogen-bond donors (Lipinski definition) is 0. The second-order valence-corrected chi connectivity index (χ2v) is 3.83. The van der Waals surface area contributed by atoms with Crippen LogP contribution in [0, 0.1) is 0 Å². The topological polar surface area (TPSA) is 3.24 Å².